The van der Waals surface area contributed by atoms with Gasteiger partial charge in [-0.2, -0.15) is 0 Å². The number of methoxy groups -OCH3 is 1. The van der Waals surface area contributed by atoms with Crippen molar-refractivity contribution in [1.82, 2.24) is 18.9 Å². The van der Waals surface area contributed by atoms with Crippen LogP contribution in [-0.2, 0) is 37.7 Å². The molecule has 0 bridgehead atoms. The van der Waals surface area contributed by atoms with E-state index in [1.54, 1.807) is 36.3 Å². The minimum atomic E-state index is -0.154. The second-order valence-corrected chi connectivity index (χ2v) is 15.2. The molecular formula is C46H47N5O5. The van der Waals surface area contributed by atoms with Crippen molar-refractivity contribution in [1.29, 1.82) is 0 Å². The van der Waals surface area contributed by atoms with Crippen molar-refractivity contribution in [3.8, 4) is 22.8 Å². The highest BCUT2D eigenvalue weighted by molar-refractivity contribution is 6.13. The summed E-state index contributed by atoms with van der Waals surface area (Å²) in [6.45, 7) is 5.03. The van der Waals surface area contributed by atoms with Crippen LogP contribution in [0.4, 0.5) is 11.4 Å². The highest BCUT2D eigenvalue weighted by Crippen LogP contribution is 2.39. The Kier molecular flexibility index (Phi) is 9.60. The molecular weight excluding hydrogens is 703 g/mol. The summed E-state index contributed by atoms with van der Waals surface area (Å²) in [4.78, 5) is 36.4. The molecule has 1 fully saturated rings. The van der Waals surface area contributed by atoms with Crippen LogP contribution in [0.3, 0.4) is 0 Å². The van der Waals surface area contributed by atoms with Crippen LogP contribution >= 0.6 is 0 Å². The lowest BCUT2D eigenvalue weighted by molar-refractivity contribution is 0.0192. The van der Waals surface area contributed by atoms with E-state index >= 15 is 9.59 Å². The van der Waals surface area contributed by atoms with Gasteiger partial charge in [0.2, 0.25) is 0 Å². The summed E-state index contributed by atoms with van der Waals surface area (Å²) in [5, 5.41) is 11.2. The fourth-order valence-corrected chi connectivity index (χ4v) is 8.97. The van der Waals surface area contributed by atoms with Gasteiger partial charge in [0.25, 0.3) is 11.8 Å². The quantitative estimate of drug-likeness (QED) is 0.173. The predicted octanol–water partition coefficient (Wildman–Crippen LogP) is 7.58. The number of hydrogen-bond acceptors (Lipinski definition) is 6. The molecule has 0 spiro atoms. The molecule has 286 valence electrons. The van der Waals surface area contributed by atoms with E-state index in [0.717, 1.165) is 90.3 Å². The fraction of sp³-hybridized carbons (Fsp3) is 0.304. The average Bonchev–Trinajstić information content (AvgIpc) is 3.81. The molecule has 0 saturated carbocycles. The van der Waals surface area contributed by atoms with Crippen LogP contribution in [0.1, 0.15) is 50.4 Å². The third-order valence-corrected chi connectivity index (χ3v) is 11.9. The Hall–Kier alpha value is -5.84. The molecule has 4 aromatic carbocycles. The maximum Gasteiger partial charge on any atom is 0.264 e. The van der Waals surface area contributed by atoms with Crippen molar-refractivity contribution in [2.45, 2.75) is 44.8 Å². The van der Waals surface area contributed by atoms with E-state index in [1.165, 1.54) is 5.56 Å². The number of ether oxygens (including phenoxy) is 2. The zero-order valence-electron chi connectivity index (χ0n) is 32.0. The molecule has 5 heterocycles. The van der Waals surface area contributed by atoms with Crippen molar-refractivity contribution in [2.75, 3.05) is 44.9 Å². The molecule has 2 aromatic heterocycles. The first-order valence-corrected chi connectivity index (χ1v) is 19.6. The minimum Gasteiger partial charge on any atom is -0.508 e. The molecule has 6 aromatic rings. The van der Waals surface area contributed by atoms with Gasteiger partial charge in [0, 0.05) is 102 Å². The molecule has 10 heteroatoms. The van der Waals surface area contributed by atoms with Crippen molar-refractivity contribution in [3.05, 3.63) is 131 Å². The second kappa shape index (κ2) is 15.0. The van der Waals surface area contributed by atoms with Gasteiger partial charge < -0.3 is 28.6 Å². The van der Waals surface area contributed by atoms with Gasteiger partial charge in [0.05, 0.1) is 25.9 Å². The van der Waals surface area contributed by atoms with Gasteiger partial charge >= 0.3 is 0 Å². The molecule has 0 radical (unpaired) electrons. The summed E-state index contributed by atoms with van der Waals surface area (Å²) >= 11 is 0. The number of amides is 2. The normalized spacial score (nSPS) is 17.0. The van der Waals surface area contributed by atoms with E-state index in [4.69, 9.17) is 9.47 Å². The Morgan fingerprint density at radius 2 is 1.68 bits per heavy atom. The molecule has 9 rings (SSSR count). The number of benzene rings is 4. The van der Waals surface area contributed by atoms with Crippen molar-refractivity contribution < 1.29 is 24.2 Å². The summed E-state index contributed by atoms with van der Waals surface area (Å²) < 4.78 is 15.8. The van der Waals surface area contributed by atoms with Crippen LogP contribution in [0.25, 0.3) is 22.2 Å². The highest BCUT2D eigenvalue weighted by Gasteiger charge is 2.36. The largest absolute Gasteiger partial charge is 0.508 e. The lowest BCUT2D eigenvalue weighted by Crippen LogP contribution is -2.52. The molecule has 1 atom stereocenters. The molecule has 0 unspecified atom stereocenters. The van der Waals surface area contributed by atoms with Crippen LogP contribution in [0, 0.1) is 0 Å². The monoisotopic (exact) mass is 749 g/mol. The summed E-state index contributed by atoms with van der Waals surface area (Å²) in [6.07, 6.45) is 5.42. The number of morpholine rings is 1. The van der Waals surface area contributed by atoms with Gasteiger partial charge in [-0.15, -0.1) is 0 Å². The Morgan fingerprint density at radius 3 is 2.50 bits per heavy atom. The number of carbonyl (C=O) groups excluding carboxylic acids is 2. The molecule has 10 nitrogen and oxygen atoms in total. The van der Waals surface area contributed by atoms with Crippen LogP contribution in [0.15, 0.2) is 103 Å². The van der Waals surface area contributed by atoms with E-state index in [1.807, 2.05) is 80.0 Å². The van der Waals surface area contributed by atoms with Crippen LogP contribution in [-0.4, -0.2) is 81.9 Å². The smallest absolute Gasteiger partial charge is 0.264 e. The Balaban J connectivity index is 1.12. The number of rotatable bonds is 8. The number of phenols is 1. The topological polar surface area (TPSA) is 92.4 Å². The molecule has 0 aliphatic carbocycles. The van der Waals surface area contributed by atoms with Gasteiger partial charge in [-0.1, -0.05) is 30.3 Å². The number of fused-ring (bicyclic) bond motifs is 3. The molecule has 1 saturated heterocycles. The maximum atomic E-state index is 15.1. The first kappa shape index (κ1) is 35.8. The van der Waals surface area contributed by atoms with E-state index < -0.39 is 0 Å². The Bertz CT molecular complexity index is 2420. The first-order chi connectivity index (χ1) is 27.4. The molecule has 56 heavy (non-hydrogen) atoms. The maximum absolute atomic E-state index is 15.1. The lowest BCUT2D eigenvalue weighted by atomic mass is 9.91. The Labute approximate surface area is 327 Å². The number of aryl methyl sites for hydroxylation is 1. The summed E-state index contributed by atoms with van der Waals surface area (Å²) in [5.41, 5.74) is 8.65. The number of carbonyl (C=O) groups is 2. The van der Waals surface area contributed by atoms with Crippen molar-refractivity contribution in [3.63, 3.8) is 0 Å². The third kappa shape index (κ3) is 6.52. The number of nitrogens with zero attached hydrogens (tertiary/aromatic N) is 5. The molecule has 3 aliphatic heterocycles. The minimum absolute atomic E-state index is 0.0200. The number of aromatic nitrogens is 2. The summed E-state index contributed by atoms with van der Waals surface area (Å²) in [5.74, 6) is 0.823. The van der Waals surface area contributed by atoms with E-state index in [0.29, 0.717) is 43.0 Å². The van der Waals surface area contributed by atoms with Gasteiger partial charge in [-0.3, -0.25) is 19.4 Å². The van der Waals surface area contributed by atoms with Crippen molar-refractivity contribution in [2.24, 2.45) is 7.05 Å². The zero-order valence-corrected chi connectivity index (χ0v) is 32.0. The molecule has 2 amide bonds. The Morgan fingerprint density at radius 1 is 0.875 bits per heavy atom. The number of phenolic OH excluding ortho intramolecular Hbond substituents is 1. The highest BCUT2D eigenvalue weighted by atomic mass is 16.5. The van der Waals surface area contributed by atoms with E-state index in [-0.39, 0.29) is 23.6 Å². The average molecular weight is 750 g/mol. The molecule has 3 aliphatic rings. The van der Waals surface area contributed by atoms with E-state index in [9.17, 15) is 5.11 Å². The fourth-order valence-electron chi connectivity index (χ4n) is 8.97. The zero-order chi connectivity index (χ0) is 38.3. The van der Waals surface area contributed by atoms with Crippen LogP contribution in [0.2, 0.25) is 0 Å². The number of hydrogen-bond donors (Lipinski definition) is 1. The van der Waals surface area contributed by atoms with Gasteiger partial charge in [-0.25, -0.2) is 0 Å². The molecule has 1 N–H and O–H groups in total. The third-order valence-electron chi connectivity index (χ3n) is 11.9. The number of aromatic hydroxyl groups is 1. The predicted molar refractivity (Wildman–Crippen MR) is 218 cm³/mol. The number of anilines is 2. The van der Waals surface area contributed by atoms with Crippen molar-refractivity contribution >= 4 is 34.1 Å². The summed E-state index contributed by atoms with van der Waals surface area (Å²) in [6, 6.07) is 30.8. The standard InChI is InChI=1S/C46H47N5O5/c1-47-21-19-31-26-34(15-18-41(31)47)51(33-13-16-36(52)17-14-33)46(54)40-28-43(49-20-6-5-11-42(40)49)37-9-3-4-10-38(37)45(53)50-29-32-8-7-12-44(55-2)39(32)27-35(50)30-48-22-24-56-25-23-48/h3-4,7-10,12-19,21,26,28,35,52H,5-6,11,20,22-25,27,29-30H2,1-2H3/t35-/m0/s1. The second-order valence-electron chi connectivity index (χ2n) is 15.2. The first-order valence-electron chi connectivity index (χ1n) is 19.6. The lowest BCUT2D eigenvalue weighted by Gasteiger charge is -2.41. The van der Waals surface area contributed by atoms with E-state index in [2.05, 4.69) is 25.0 Å². The van der Waals surface area contributed by atoms with Gasteiger partial charge in [0.1, 0.15) is 11.5 Å². The van der Waals surface area contributed by atoms with Gasteiger partial charge in [-0.05, 0) is 98.0 Å². The SMILES string of the molecule is COc1cccc2c1C[C@@H](CN1CCOCC1)N(C(=O)c1ccccc1-c1cc(C(=O)N(c3ccc(O)cc3)c3ccc4c(ccn4C)c3)c3n1CCCC3)C2. The van der Waals surface area contributed by atoms with Crippen LogP contribution in [0.5, 0.6) is 11.5 Å². The van der Waals surface area contributed by atoms with Gasteiger partial charge in [0.15, 0.2) is 0 Å². The van der Waals surface area contributed by atoms with Crippen LogP contribution < -0.4 is 9.64 Å². The summed E-state index contributed by atoms with van der Waals surface area (Å²) in [7, 11) is 3.72.